The molecule has 146 valence electrons. The molecule has 2 aromatic carbocycles. The lowest BCUT2D eigenvalue weighted by Gasteiger charge is -2.20. The summed E-state index contributed by atoms with van der Waals surface area (Å²) >= 11 is 1.54. The van der Waals surface area contributed by atoms with Gasteiger partial charge >= 0.3 is 6.18 Å². The lowest BCUT2D eigenvalue weighted by molar-refractivity contribution is -0.137. The standard InChI is InChI=1S/C22H19F3O2S/c1-13(2)16-4-3-5-17(14-6-8-15(9-7-14)22(23,24)25)19(16)21-20-18(12-28-21)26-10-11-27-20/h3-9,12-13H,10-11H2,1-2H3. The predicted octanol–water partition coefficient (Wildman–Crippen LogP) is 7.00. The number of halogens is 3. The van der Waals surface area contributed by atoms with Crippen LogP contribution in [0.2, 0.25) is 0 Å². The van der Waals surface area contributed by atoms with Gasteiger partial charge in [0.1, 0.15) is 13.2 Å². The van der Waals surface area contributed by atoms with Crippen molar-refractivity contribution >= 4 is 11.3 Å². The molecule has 0 fully saturated rings. The number of hydrogen-bond acceptors (Lipinski definition) is 3. The fourth-order valence-electron chi connectivity index (χ4n) is 3.42. The Hall–Kier alpha value is -2.47. The van der Waals surface area contributed by atoms with E-state index in [0.717, 1.165) is 50.8 Å². The molecule has 28 heavy (non-hydrogen) atoms. The van der Waals surface area contributed by atoms with Gasteiger partial charge in [-0.25, -0.2) is 0 Å². The van der Waals surface area contributed by atoms with Crippen LogP contribution in [0.5, 0.6) is 11.5 Å². The van der Waals surface area contributed by atoms with E-state index in [9.17, 15) is 13.2 Å². The van der Waals surface area contributed by atoms with E-state index in [0.29, 0.717) is 13.2 Å². The van der Waals surface area contributed by atoms with Crippen LogP contribution in [0.25, 0.3) is 21.6 Å². The SMILES string of the molecule is CC(C)c1cccc(-c2ccc(C(F)(F)F)cc2)c1-c1scc2c1OCCO2. The largest absolute Gasteiger partial charge is 0.485 e. The van der Waals surface area contributed by atoms with Gasteiger partial charge in [0.15, 0.2) is 11.5 Å². The molecule has 1 aliphatic heterocycles. The highest BCUT2D eigenvalue weighted by Gasteiger charge is 2.30. The number of hydrogen-bond donors (Lipinski definition) is 0. The first-order valence-corrected chi connectivity index (χ1v) is 9.92. The highest BCUT2D eigenvalue weighted by atomic mass is 32.1. The van der Waals surface area contributed by atoms with Crippen LogP contribution < -0.4 is 9.47 Å². The van der Waals surface area contributed by atoms with E-state index in [2.05, 4.69) is 19.9 Å². The van der Waals surface area contributed by atoms with Crippen LogP contribution in [0.3, 0.4) is 0 Å². The summed E-state index contributed by atoms with van der Waals surface area (Å²) in [7, 11) is 0. The molecule has 0 spiro atoms. The van der Waals surface area contributed by atoms with E-state index in [1.54, 1.807) is 0 Å². The number of benzene rings is 2. The summed E-state index contributed by atoms with van der Waals surface area (Å²) < 4.78 is 50.4. The summed E-state index contributed by atoms with van der Waals surface area (Å²) in [5.74, 6) is 1.69. The van der Waals surface area contributed by atoms with Gasteiger partial charge < -0.3 is 9.47 Å². The van der Waals surface area contributed by atoms with E-state index >= 15 is 0 Å². The van der Waals surface area contributed by atoms with E-state index in [1.807, 2.05) is 17.5 Å². The quantitative estimate of drug-likeness (QED) is 0.468. The Morgan fingerprint density at radius 1 is 0.964 bits per heavy atom. The zero-order valence-electron chi connectivity index (χ0n) is 15.5. The molecule has 0 bridgehead atoms. The normalized spacial score (nSPS) is 13.8. The molecule has 0 atom stereocenters. The fourth-order valence-corrected chi connectivity index (χ4v) is 4.43. The van der Waals surface area contributed by atoms with Crippen molar-refractivity contribution in [3.05, 3.63) is 59.0 Å². The van der Waals surface area contributed by atoms with Crippen LogP contribution in [0.4, 0.5) is 13.2 Å². The summed E-state index contributed by atoms with van der Waals surface area (Å²) in [4.78, 5) is 0.953. The summed E-state index contributed by atoms with van der Waals surface area (Å²) in [6, 6.07) is 11.3. The molecule has 0 N–H and O–H groups in total. The van der Waals surface area contributed by atoms with Gasteiger partial charge in [0.2, 0.25) is 0 Å². The Kier molecular flexibility index (Phi) is 4.83. The second-order valence-electron chi connectivity index (χ2n) is 6.95. The maximum atomic E-state index is 13.0. The van der Waals surface area contributed by atoms with Crippen molar-refractivity contribution in [3.8, 4) is 33.1 Å². The maximum absolute atomic E-state index is 13.0. The maximum Gasteiger partial charge on any atom is 0.416 e. The molecular formula is C22H19F3O2S. The molecule has 0 unspecified atom stereocenters. The van der Waals surface area contributed by atoms with Crippen molar-refractivity contribution in [2.24, 2.45) is 0 Å². The minimum Gasteiger partial charge on any atom is -0.485 e. The van der Waals surface area contributed by atoms with Gasteiger partial charge in [-0.15, -0.1) is 11.3 Å². The van der Waals surface area contributed by atoms with Crippen molar-refractivity contribution < 1.29 is 22.6 Å². The van der Waals surface area contributed by atoms with Crippen molar-refractivity contribution in [2.45, 2.75) is 25.9 Å². The van der Waals surface area contributed by atoms with Crippen molar-refractivity contribution in [2.75, 3.05) is 13.2 Å². The summed E-state index contributed by atoms with van der Waals surface area (Å²) in [6.07, 6.45) is -4.35. The Balaban J connectivity index is 1.90. The molecule has 0 saturated heterocycles. The molecule has 1 aromatic heterocycles. The van der Waals surface area contributed by atoms with Crippen molar-refractivity contribution in [1.82, 2.24) is 0 Å². The van der Waals surface area contributed by atoms with Gasteiger partial charge in [-0.05, 0) is 34.7 Å². The van der Waals surface area contributed by atoms with Crippen LogP contribution in [0, 0.1) is 0 Å². The number of fused-ring (bicyclic) bond motifs is 1. The molecule has 0 saturated carbocycles. The van der Waals surface area contributed by atoms with Gasteiger partial charge in [0.25, 0.3) is 0 Å². The predicted molar refractivity (Wildman–Crippen MR) is 105 cm³/mol. The third-order valence-electron chi connectivity index (χ3n) is 4.77. The third-order valence-corrected chi connectivity index (χ3v) is 5.73. The lowest BCUT2D eigenvalue weighted by atomic mass is 9.89. The Morgan fingerprint density at radius 3 is 2.36 bits per heavy atom. The van der Waals surface area contributed by atoms with E-state index < -0.39 is 11.7 Å². The average molecular weight is 404 g/mol. The molecule has 2 nitrogen and oxygen atoms in total. The van der Waals surface area contributed by atoms with Crippen molar-refractivity contribution in [1.29, 1.82) is 0 Å². The van der Waals surface area contributed by atoms with Gasteiger partial charge in [-0.3, -0.25) is 0 Å². The van der Waals surface area contributed by atoms with Gasteiger partial charge in [0, 0.05) is 10.9 Å². The summed E-state index contributed by atoms with van der Waals surface area (Å²) in [6.45, 7) is 5.20. The van der Waals surface area contributed by atoms with E-state index in [-0.39, 0.29) is 5.92 Å². The molecule has 4 rings (SSSR count). The van der Waals surface area contributed by atoms with E-state index in [1.165, 1.54) is 23.5 Å². The van der Waals surface area contributed by atoms with Crippen molar-refractivity contribution in [3.63, 3.8) is 0 Å². The lowest BCUT2D eigenvalue weighted by Crippen LogP contribution is -2.14. The second-order valence-corrected chi connectivity index (χ2v) is 7.83. The molecule has 0 amide bonds. The zero-order chi connectivity index (χ0) is 19.9. The van der Waals surface area contributed by atoms with Crippen LogP contribution in [0.15, 0.2) is 47.8 Å². The monoisotopic (exact) mass is 404 g/mol. The number of rotatable bonds is 3. The minimum absolute atomic E-state index is 0.242. The van der Waals surface area contributed by atoms with Gasteiger partial charge in [-0.1, -0.05) is 44.2 Å². The topological polar surface area (TPSA) is 18.5 Å². The molecule has 6 heteroatoms. The van der Waals surface area contributed by atoms with Crippen LogP contribution in [0.1, 0.15) is 30.9 Å². The molecule has 3 aromatic rings. The third kappa shape index (κ3) is 3.37. The summed E-state index contributed by atoms with van der Waals surface area (Å²) in [5, 5.41) is 1.93. The molecular weight excluding hydrogens is 385 g/mol. The van der Waals surface area contributed by atoms with Crippen LogP contribution in [-0.2, 0) is 6.18 Å². The minimum atomic E-state index is -4.35. The fraction of sp³-hybridized carbons (Fsp3) is 0.273. The average Bonchev–Trinajstić information content (AvgIpc) is 3.10. The smallest absolute Gasteiger partial charge is 0.416 e. The molecule has 1 aliphatic rings. The van der Waals surface area contributed by atoms with Crippen LogP contribution >= 0.6 is 11.3 Å². The highest BCUT2D eigenvalue weighted by Crippen LogP contribution is 2.50. The molecule has 0 radical (unpaired) electrons. The van der Waals surface area contributed by atoms with E-state index in [4.69, 9.17) is 9.47 Å². The molecule has 0 aliphatic carbocycles. The first kappa shape index (κ1) is 18.9. The van der Waals surface area contributed by atoms with Gasteiger partial charge in [-0.2, -0.15) is 13.2 Å². The summed E-state index contributed by atoms with van der Waals surface area (Å²) in [5.41, 5.74) is 3.09. The highest BCUT2D eigenvalue weighted by molar-refractivity contribution is 7.14. The Bertz CT molecular complexity index is 988. The number of ether oxygens (including phenoxy) is 2. The zero-order valence-corrected chi connectivity index (χ0v) is 16.3. The Labute approximate surface area is 165 Å². The van der Waals surface area contributed by atoms with Gasteiger partial charge in [0.05, 0.1) is 10.4 Å². The second kappa shape index (κ2) is 7.17. The Morgan fingerprint density at radius 2 is 1.68 bits per heavy atom. The number of alkyl halides is 3. The van der Waals surface area contributed by atoms with Crippen LogP contribution in [-0.4, -0.2) is 13.2 Å². The first-order valence-electron chi connectivity index (χ1n) is 9.04. The number of thiophene rings is 1. The molecule has 2 heterocycles. The first-order chi connectivity index (χ1) is 13.4.